The van der Waals surface area contributed by atoms with Gasteiger partial charge in [0.1, 0.15) is 6.04 Å². The van der Waals surface area contributed by atoms with Crippen molar-refractivity contribution >= 4 is 33.2 Å². The zero-order chi connectivity index (χ0) is 11.4. The second-order valence-corrected chi connectivity index (χ2v) is 5.35. The van der Waals surface area contributed by atoms with Crippen molar-refractivity contribution in [2.75, 3.05) is 19.8 Å². The molecule has 2 N–H and O–H groups in total. The summed E-state index contributed by atoms with van der Waals surface area (Å²) in [6.07, 6.45) is 0. The molecular formula is C10H13BrN2O2S. The molecule has 88 valence electrons. The molecule has 1 aliphatic rings. The first-order valence-electron chi connectivity index (χ1n) is 5.08. The summed E-state index contributed by atoms with van der Waals surface area (Å²) in [5, 5.41) is 8.01. The number of hydrogen-bond donors (Lipinski definition) is 2. The molecule has 1 amide bonds. The van der Waals surface area contributed by atoms with Gasteiger partial charge in [0, 0.05) is 15.9 Å². The molecule has 0 aromatic carbocycles. The van der Waals surface area contributed by atoms with Crippen molar-refractivity contribution in [1.82, 2.24) is 10.6 Å². The Hall–Kier alpha value is -0.430. The topological polar surface area (TPSA) is 50.4 Å². The van der Waals surface area contributed by atoms with Crippen LogP contribution >= 0.6 is 27.3 Å². The molecule has 16 heavy (non-hydrogen) atoms. The third kappa shape index (κ3) is 3.04. The van der Waals surface area contributed by atoms with E-state index in [0.717, 1.165) is 15.9 Å². The molecule has 0 bridgehead atoms. The molecule has 1 fully saturated rings. The first kappa shape index (κ1) is 12.0. The SMILES string of the molecule is O=C(NCc1sccc1Br)C1COCCN1. The van der Waals surface area contributed by atoms with E-state index in [-0.39, 0.29) is 11.9 Å². The number of halogens is 1. The van der Waals surface area contributed by atoms with Gasteiger partial charge >= 0.3 is 0 Å². The summed E-state index contributed by atoms with van der Waals surface area (Å²) in [4.78, 5) is 12.9. The van der Waals surface area contributed by atoms with E-state index < -0.39 is 0 Å². The van der Waals surface area contributed by atoms with Gasteiger partial charge in [0.05, 0.1) is 19.8 Å². The van der Waals surface area contributed by atoms with Crippen LogP contribution in [0.25, 0.3) is 0 Å². The van der Waals surface area contributed by atoms with Gasteiger partial charge in [0.2, 0.25) is 5.91 Å². The third-order valence-corrected chi connectivity index (χ3v) is 4.28. The number of thiophene rings is 1. The van der Waals surface area contributed by atoms with Crippen LogP contribution in [0, 0.1) is 0 Å². The molecule has 2 rings (SSSR count). The van der Waals surface area contributed by atoms with Gasteiger partial charge in [0.25, 0.3) is 0 Å². The average Bonchev–Trinajstić information content (AvgIpc) is 2.73. The van der Waals surface area contributed by atoms with Crippen LogP contribution in [0.4, 0.5) is 0 Å². The summed E-state index contributed by atoms with van der Waals surface area (Å²) >= 11 is 5.06. The summed E-state index contributed by atoms with van der Waals surface area (Å²) in [5.74, 6) is 0.000000000000000444. The number of nitrogens with one attached hydrogen (secondary N) is 2. The van der Waals surface area contributed by atoms with Crippen LogP contribution in [0.15, 0.2) is 15.9 Å². The monoisotopic (exact) mass is 304 g/mol. The second-order valence-electron chi connectivity index (χ2n) is 3.49. The van der Waals surface area contributed by atoms with Crippen molar-refractivity contribution in [3.63, 3.8) is 0 Å². The zero-order valence-electron chi connectivity index (χ0n) is 8.66. The first-order valence-corrected chi connectivity index (χ1v) is 6.75. The van der Waals surface area contributed by atoms with Crippen molar-refractivity contribution in [3.8, 4) is 0 Å². The number of carbonyl (C=O) groups is 1. The first-order chi connectivity index (χ1) is 7.77. The Morgan fingerprint density at radius 1 is 1.75 bits per heavy atom. The van der Waals surface area contributed by atoms with E-state index in [1.807, 2.05) is 11.4 Å². The maximum atomic E-state index is 11.7. The summed E-state index contributed by atoms with van der Waals surface area (Å²) < 4.78 is 6.28. The minimum Gasteiger partial charge on any atom is -0.378 e. The largest absolute Gasteiger partial charge is 0.378 e. The molecule has 4 nitrogen and oxygen atoms in total. The average molecular weight is 305 g/mol. The standard InChI is InChI=1S/C10H13BrN2O2S/c11-7-1-4-16-9(7)5-13-10(14)8-6-15-3-2-12-8/h1,4,8,12H,2-3,5-6H2,(H,13,14). The van der Waals surface area contributed by atoms with Crippen LogP contribution in [0.5, 0.6) is 0 Å². The molecule has 1 saturated heterocycles. The second kappa shape index (κ2) is 5.77. The van der Waals surface area contributed by atoms with Gasteiger partial charge in [-0.3, -0.25) is 4.79 Å². The van der Waals surface area contributed by atoms with Crippen LogP contribution in [0.3, 0.4) is 0 Å². The minimum absolute atomic E-state index is 0.000000000000000444. The fourth-order valence-corrected chi connectivity index (χ4v) is 2.91. The summed E-state index contributed by atoms with van der Waals surface area (Å²) in [6, 6.07) is 1.76. The van der Waals surface area contributed by atoms with Gasteiger partial charge in [-0.15, -0.1) is 11.3 Å². The van der Waals surface area contributed by atoms with Gasteiger partial charge in [-0.2, -0.15) is 0 Å². The van der Waals surface area contributed by atoms with E-state index in [2.05, 4.69) is 26.6 Å². The van der Waals surface area contributed by atoms with E-state index >= 15 is 0 Å². The minimum atomic E-state index is -0.215. The molecule has 1 aliphatic heterocycles. The molecule has 1 aromatic rings. The number of morpholine rings is 1. The number of amides is 1. The molecule has 2 heterocycles. The Balaban J connectivity index is 1.81. The highest BCUT2D eigenvalue weighted by Gasteiger charge is 2.20. The van der Waals surface area contributed by atoms with Gasteiger partial charge in [-0.05, 0) is 27.4 Å². The Morgan fingerprint density at radius 3 is 3.25 bits per heavy atom. The predicted octanol–water partition coefficient (Wildman–Crippen LogP) is 1.12. The summed E-state index contributed by atoms with van der Waals surface area (Å²) in [7, 11) is 0. The lowest BCUT2D eigenvalue weighted by molar-refractivity contribution is -0.126. The number of rotatable bonds is 3. The molecule has 1 atom stereocenters. The van der Waals surface area contributed by atoms with E-state index in [1.165, 1.54) is 0 Å². The van der Waals surface area contributed by atoms with Crippen molar-refractivity contribution in [1.29, 1.82) is 0 Å². The smallest absolute Gasteiger partial charge is 0.239 e. The Bertz CT molecular complexity index is 363. The summed E-state index contributed by atoms with van der Waals surface area (Å²) in [5.41, 5.74) is 0. The Labute approximate surface area is 106 Å². The van der Waals surface area contributed by atoms with Crippen LogP contribution in [0.1, 0.15) is 4.88 Å². The molecule has 0 aliphatic carbocycles. The molecular weight excluding hydrogens is 292 g/mol. The number of carbonyl (C=O) groups excluding carboxylic acids is 1. The van der Waals surface area contributed by atoms with Gasteiger partial charge < -0.3 is 15.4 Å². The van der Waals surface area contributed by atoms with Crippen LogP contribution in [-0.2, 0) is 16.1 Å². The van der Waals surface area contributed by atoms with E-state index in [4.69, 9.17) is 4.74 Å². The maximum Gasteiger partial charge on any atom is 0.239 e. The fourth-order valence-electron chi connectivity index (χ4n) is 1.48. The normalized spacial score (nSPS) is 20.7. The van der Waals surface area contributed by atoms with Crippen molar-refractivity contribution in [3.05, 3.63) is 20.8 Å². The Morgan fingerprint density at radius 2 is 2.62 bits per heavy atom. The molecule has 1 unspecified atom stereocenters. The van der Waals surface area contributed by atoms with Crippen LogP contribution in [-0.4, -0.2) is 31.7 Å². The highest BCUT2D eigenvalue weighted by molar-refractivity contribution is 9.10. The molecule has 6 heteroatoms. The van der Waals surface area contributed by atoms with Crippen molar-refractivity contribution in [2.24, 2.45) is 0 Å². The number of hydrogen-bond acceptors (Lipinski definition) is 4. The molecule has 0 saturated carbocycles. The lowest BCUT2D eigenvalue weighted by Gasteiger charge is -2.22. The lowest BCUT2D eigenvalue weighted by atomic mass is 10.2. The summed E-state index contributed by atoms with van der Waals surface area (Å²) in [6.45, 7) is 2.44. The fraction of sp³-hybridized carbons (Fsp3) is 0.500. The van der Waals surface area contributed by atoms with Crippen LogP contribution in [0.2, 0.25) is 0 Å². The van der Waals surface area contributed by atoms with Crippen molar-refractivity contribution in [2.45, 2.75) is 12.6 Å². The highest BCUT2D eigenvalue weighted by Crippen LogP contribution is 2.22. The van der Waals surface area contributed by atoms with Gasteiger partial charge in [-0.25, -0.2) is 0 Å². The zero-order valence-corrected chi connectivity index (χ0v) is 11.1. The predicted molar refractivity (Wildman–Crippen MR) is 66.5 cm³/mol. The van der Waals surface area contributed by atoms with Crippen LogP contribution < -0.4 is 10.6 Å². The van der Waals surface area contributed by atoms with Gasteiger partial charge in [0.15, 0.2) is 0 Å². The molecule has 0 spiro atoms. The lowest BCUT2D eigenvalue weighted by Crippen LogP contribution is -2.50. The van der Waals surface area contributed by atoms with E-state index in [9.17, 15) is 4.79 Å². The van der Waals surface area contributed by atoms with E-state index in [0.29, 0.717) is 19.8 Å². The van der Waals surface area contributed by atoms with Gasteiger partial charge in [-0.1, -0.05) is 0 Å². The van der Waals surface area contributed by atoms with Crippen molar-refractivity contribution < 1.29 is 9.53 Å². The highest BCUT2D eigenvalue weighted by atomic mass is 79.9. The molecule has 0 radical (unpaired) electrons. The Kier molecular flexibility index (Phi) is 4.34. The maximum absolute atomic E-state index is 11.7. The number of ether oxygens (including phenoxy) is 1. The molecule has 1 aromatic heterocycles. The van der Waals surface area contributed by atoms with E-state index in [1.54, 1.807) is 11.3 Å². The third-order valence-electron chi connectivity index (χ3n) is 2.35. The quantitative estimate of drug-likeness (QED) is 0.880.